The Kier molecular flexibility index (Phi) is 8.17. The number of hydrogen-bond acceptors (Lipinski definition) is 5. The first kappa shape index (κ1) is 24.0. The molecule has 0 radical (unpaired) electrons. The Balaban J connectivity index is 1.50. The van der Waals surface area contributed by atoms with Gasteiger partial charge in [-0.3, -0.25) is 9.59 Å². The molecule has 1 amide bonds. The fourth-order valence-corrected chi connectivity index (χ4v) is 3.78. The van der Waals surface area contributed by atoms with Gasteiger partial charge in [0.25, 0.3) is 0 Å². The number of thiocarbonyl (C=S) groups is 1. The summed E-state index contributed by atoms with van der Waals surface area (Å²) in [6.07, 6.45) is 0. The van der Waals surface area contributed by atoms with Crippen LogP contribution in [0.25, 0.3) is 0 Å². The van der Waals surface area contributed by atoms with Crippen LogP contribution in [0.2, 0.25) is 0 Å². The predicted molar refractivity (Wildman–Crippen MR) is 135 cm³/mol. The van der Waals surface area contributed by atoms with Gasteiger partial charge >= 0.3 is 5.97 Å². The second-order valence-electron chi connectivity index (χ2n) is 6.96. The maximum Gasteiger partial charge on any atom is 0.335 e. The number of carboxylic acids is 1. The highest BCUT2D eigenvalue weighted by Crippen LogP contribution is 2.22. The van der Waals surface area contributed by atoms with E-state index in [-0.39, 0.29) is 23.0 Å². The van der Waals surface area contributed by atoms with Gasteiger partial charge in [-0.05, 0) is 85.9 Å². The molecular formula is C24H21N3O4S2. The summed E-state index contributed by atoms with van der Waals surface area (Å²) in [6, 6.07) is 20.5. The van der Waals surface area contributed by atoms with Gasteiger partial charge in [-0.25, -0.2) is 4.79 Å². The molecule has 0 aliphatic carbocycles. The van der Waals surface area contributed by atoms with Crippen molar-refractivity contribution in [2.24, 2.45) is 0 Å². The maximum absolute atomic E-state index is 12.2. The molecule has 33 heavy (non-hydrogen) atoms. The third-order valence-corrected chi connectivity index (χ3v) is 5.62. The van der Waals surface area contributed by atoms with E-state index >= 15 is 0 Å². The van der Waals surface area contributed by atoms with Crippen molar-refractivity contribution < 1.29 is 19.5 Å². The predicted octanol–water partition coefficient (Wildman–Crippen LogP) is 5.13. The summed E-state index contributed by atoms with van der Waals surface area (Å²) >= 11 is 6.72. The summed E-state index contributed by atoms with van der Waals surface area (Å²) in [4.78, 5) is 35.4. The normalized spacial score (nSPS) is 10.2. The quantitative estimate of drug-likeness (QED) is 0.200. The summed E-state index contributed by atoms with van der Waals surface area (Å²) in [6.45, 7) is 1.52. The Morgan fingerprint density at radius 3 is 2.00 bits per heavy atom. The number of anilines is 3. The first-order chi connectivity index (χ1) is 15.8. The standard InChI is InChI=1S/C24H21N3O4S2/c1-15(28)16-5-9-19(10-6-16)26-24(32)27-20-3-2-4-21(13-20)33-14-22(29)25-18-11-7-17(8-12-18)23(30)31/h2-13H,14H2,1H3,(H,25,29)(H,30,31)(H2,26,27,32). The van der Waals surface area contributed by atoms with Crippen molar-refractivity contribution in [3.05, 3.63) is 83.9 Å². The molecule has 0 atom stereocenters. The van der Waals surface area contributed by atoms with Gasteiger partial charge in [0.05, 0.1) is 11.3 Å². The molecule has 0 bridgehead atoms. The number of nitrogens with one attached hydrogen (secondary N) is 3. The van der Waals surface area contributed by atoms with E-state index in [1.165, 1.54) is 30.8 Å². The molecule has 0 spiro atoms. The number of hydrogen-bond donors (Lipinski definition) is 4. The molecule has 0 saturated carbocycles. The molecule has 3 aromatic carbocycles. The zero-order valence-electron chi connectivity index (χ0n) is 17.6. The first-order valence-corrected chi connectivity index (χ1v) is 11.2. The summed E-state index contributed by atoms with van der Waals surface area (Å²) in [5.74, 6) is -1.03. The monoisotopic (exact) mass is 479 g/mol. The van der Waals surface area contributed by atoms with E-state index in [9.17, 15) is 14.4 Å². The van der Waals surface area contributed by atoms with E-state index in [1.54, 1.807) is 36.4 Å². The maximum atomic E-state index is 12.2. The SMILES string of the molecule is CC(=O)c1ccc(NC(=S)Nc2cccc(SCC(=O)Nc3ccc(C(=O)O)cc3)c2)cc1. The number of carboxylic acid groups (broad SMARTS) is 1. The molecule has 3 aromatic rings. The zero-order chi connectivity index (χ0) is 23.8. The number of thioether (sulfide) groups is 1. The number of benzene rings is 3. The topological polar surface area (TPSA) is 108 Å². The number of Topliss-reactive ketones (excluding diaryl/α,β-unsaturated/α-hetero) is 1. The molecule has 0 aromatic heterocycles. The Bertz CT molecular complexity index is 1180. The molecule has 0 aliphatic heterocycles. The summed E-state index contributed by atoms with van der Waals surface area (Å²) in [7, 11) is 0. The van der Waals surface area contributed by atoms with Crippen LogP contribution in [0.15, 0.2) is 77.7 Å². The van der Waals surface area contributed by atoms with E-state index < -0.39 is 5.97 Å². The highest BCUT2D eigenvalue weighted by molar-refractivity contribution is 8.00. The van der Waals surface area contributed by atoms with Gasteiger partial charge < -0.3 is 21.1 Å². The number of carbonyl (C=O) groups is 3. The van der Waals surface area contributed by atoms with Crippen molar-refractivity contribution in [2.45, 2.75) is 11.8 Å². The molecule has 0 heterocycles. The van der Waals surface area contributed by atoms with E-state index in [2.05, 4.69) is 16.0 Å². The summed E-state index contributed by atoms with van der Waals surface area (Å²) < 4.78 is 0. The molecule has 0 saturated heterocycles. The fourth-order valence-electron chi connectivity index (χ4n) is 2.79. The minimum absolute atomic E-state index is 0.00124. The second kappa shape index (κ2) is 11.3. The molecule has 4 N–H and O–H groups in total. The van der Waals surface area contributed by atoms with Crippen LogP contribution < -0.4 is 16.0 Å². The van der Waals surface area contributed by atoms with Crippen molar-refractivity contribution >= 4 is 63.8 Å². The Morgan fingerprint density at radius 1 is 0.818 bits per heavy atom. The lowest BCUT2D eigenvalue weighted by Gasteiger charge is -2.12. The minimum Gasteiger partial charge on any atom is -0.478 e. The number of ketones is 1. The van der Waals surface area contributed by atoms with Crippen molar-refractivity contribution in [3.8, 4) is 0 Å². The van der Waals surface area contributed by atoms with Crippen LogP contribution in [0, 0.1) is 0 Å². The van der Waals surface area contributed by atoms with Crippen LogP contribution in [-0.2, 0) is 4.79 Å². The molecular weight excluding hydrogens is 458 g/mol. The zero-order valence-corrected chi connectivity index (χ0v) is 19.3. The van der Waals surface area contributed by atoms with Crippen LogP contribution in [0.1, 0.15) is 27.6 Å². The van der Waals surface area contributed by atoms with E-state index in [1.807, 2.05) is 24.3 Å². The first-order valence-electron chi connectivity index (χ1n) is 9.85. The number of aromatic carboxylic acids is 1. The third-order valence-electron chi connectivity index (χ3n) is 4.43. The number of amides is 1. The molecule has 0 aliphatic rings. The highest BCUT2D eigenvalue weighted by Gasteiger charge is 2.07. The van der Waals surface area contributed by atoms with Gasteiger partial charge in [-0.2, -0.15) is 0 Å². The number of rotatable bonds is 8. The summed E-state index contributed by atoms with van der Waals surface area (Å²) in [5.41, 5.74) is 2.85. The van der Waals surface area contributed by atoms with E-state index in [4.69, 9.17) is 17.3 Å². The van der Waals surface area contributed by atoms with Crippen LogP contribution in [-0.4, -0.2) is 33.6 Å². The largest absolute Gasteiger partial charge is 0.478 e. The average Bonchev–Trinajstić information content (AvgIpc) is 2.78. The van der Waals surface area contributed by atoms with Crippen LogP contribution in [0.3, 0.4) is 0 Å². The van der Waals surface area contributed by atoms with Crippen LogP contribution in [0.5, 0.6) is 0 Å². The Hall–Kier alpha value is -3.69. The van der Waals surface area contributed by atoms with Gasteiger partial charge in [-0.1, -0.05) is 6.07 Å². The molecule has 0 unspecified atom stereocenters. The summed E-state index contributed by atoms with van der Waals surface area (Å²) in [5, 5.41) is 18.2. The van der Waals surface area contributed by atoms with E-state index in [0.717, 1.165) is 16.3 Å². The smallest absolute Gasteiger partial charge is 0.335 e. The van der Waals surface area contributed by atoms with Gasteiger partial charge in [0, 0.05) is 27.5 Å². The van der Waals surface area contributed by atoms with Gasteiger partial charge in [0.2, 0.25) is 5.91 Å². The van der Waals surface area contributed by atoms with Crippen molar-refractivity contribution in [3.63, 3.8) is 0 Å². The lowest BCUT2D eigenvalue weighted by atomic mass is 10.1. The fraction of sp³-hybridized carbons (Fsp3) is 0.0833. The van der Waals surface area contributed by atoms with E-state index in [0.29, 0.717) is 16.4 Å². The second-order valence-corrected chi connectivity index (χ2v) is 8.42. The average molecular weight is 480 g/mol. The van der Waals surface area contributed by atoms with Crippen molar-refractivity contribution in [1.29, 1.82) is 0 Å². The van der Waals surface area contributed by atoms with Gasteiger partial charge in [0.1, 0.15) is 0 Å². The molecule has 3 rings (SSSR count). The van der Waals surface area contributed by atoms with Crippen molar-refractivity contribution in [2.75, 3.05) is 21.7 Å². The van der Waals surface area contributed by atoms with Crippen LogP contribution in [0.4, 0.5) is 17.1 Å². The Morgan fingerprint density at radius 2 is 1.39 bits per heavy atom. The van der Waals surface area contributed by atoms with Gasteiger partial charge in [0.15, 0.2) is 10.9 Å². The Labute approximate surface area is 200 Å². The molecule has 7 nitrogen and oxygen atoms in total. The molecule has 0 fully saturated rings. The molecule has 168 valence electrons. The van der Waals surface area contributed by atoms with Crippen molar-refractivity contribution in [1.82, 2.24) is 0 Å². The third kappa shape index (κ3) is 7.44. The van der Waals surface area contributed by atoms with Gasteiger partial charge in [-0.15, -0.1) is 11.8 Å². The lowest BCUT2D eigenvalue weighted by Crippen LogP contribution is -2.19. The van der Waals surface area contributed by atoms with Crippen LogP contribution >= 0.6 is 24.0 Å². The highest BCUT2D eigenvalue weighted by atomic mass is 32.2. The minimum atomic E-state index is -1.02. The lowest BCUT2D eigenvalue weighted by molar-refractivity contribution is -0.113. The molecule has 9 heteroatoms. The number of carbonyl (C=O) groups excluding carboxylic acids is 2.